The Balaban J connectivity index is 2.28. The van der Waals surface area contributed by atoms with Crippen LogP contribution in [-0.2, 0) is 6.54 Å². The van der Waals surface area contributed by atoms with Crippen LogP contribution < -0.4 is 5.73 Å². The summed E-state index contributed by atoms with van der Waals surface area (Å²) in [5.74, 6) is 0. The first-order chi connectivity index (χ1) is 10.0. The molecule has 2 rings (SSSR count). The van der Waals surface area contributed by atoms with E-state index < -0.39 is 0 Å². The largest absolute Gasteiger partial charge is 0.329 e. The molecule has 0 aliphatic heterocycles. The number of nitrogens with two attached hydrogens (primary N) is 1. The minimum Gasteiger partial charge on any atom is -0.329 e. The molecule has 0 unspecified atom stereocenters. The van der Waals surface area contributed by atoms with Crippen molar-refractivity contribution in [2.45, 2.75) is 71.9 Å². The molecule has 1 saturated carbocycles. The zero-order valence-electron chi connectivity index (χ0n) is 14.3. The van der Waals surface area contributed by atoms with Crippen molar-refractivity contribution in [1.29, 1.82) is 0 Å². The molecule has 1 aromatic carbocycles. The summed E-state index contributed by atoms with van der Waals surface area (Å²) < 4.78 is 0. The van der Waals surface area contributed by atoms with Crippen molar-refractivity contribution in [1.82, 2.24) is 4.90 Å². The second kappa shape index (κ2) is 6.93. The highest BCUT2D eigenvalue weighted by Gasteiger charge is 2.38. The van der Waals surface area contributed by atoms with Crippen LogP contribution >= 0.6 is 0 Å². The van der Waals surface area contributed by atoms with Gasteiger partial charge in [0.05, 0.1) is 0 Å². The van der Waals surface area contributed by atoms with Crippen LogP contribution in [0.2, 0.25) is 0 Å². The second-order valence-electron chi connectivity index (χ2n) is 6.93. The van der Waals surface area contributed by atoms with Gasteiger partial charge >= 0.3 is 0 Å². The van der Waals surface area contributed by atoms with Crippen LogP contribution in [-0.4, -0.2) is 23.5 Å². The van der Waals surface area contributed by atoms with Crippen molar-refractivity contribution < 1.29 is 0 Å². The van der Waals surface area contributed by atoms with Gasteiger partial charge in [-0.2, -0.15) is 0 Å². The van der Waals surface area contributed by atoms with E-state index in [2.05, 4.69) is 44.7 Å². The van der Waals surface area contributed by atoms with Crippen LogP contribution in [0.4, 0.5) is 0 Å². The molecule has 0 heterocycles. The van der Waals surface area contributed by atoms with E-state index in [0.717, 1.165) is 19.6 Å². The topological polar surface area (TPSA) is 29.3 Å². The first-order valence-corrected chi connectivity index (χ1v) is 8.54. The maximum absolute atomic E-state index is 6.21. The van der Waals surface area contributed by atoms with E-state index in [0.29, 0.717) is 0 Å². The number of aryl methyl sites for hydroxylation is 3. The molecule has 2 nitrogen and oxygen atoms in total. The molecule has 118 valence electrons. The lowest BCUT2D eigenvalue weighted by atomic mass is 9.92. The minimum atomic E-state index is 0.250. The quantitative estimate of drug-likeness (QED) is 0.854. The first-order valence-electron chi connectivity index (χ1n) is 8.54. The second-order valence-corrected chi connectivity index (χ2v) is 6.93. The van der Waals surface area contributed by atoms with Gasteiger partial charge in [-0.1, -0.05) is 37.5 Å². The lowest BCUT2D eigenvalue weighted by Gasteiger charge is -2.41. The van der Waals surface area contributed by atoms with Gasteiger partial charge in [0.15, 0.2) is 0 Å². The van der Waals surface area contributed by atoms with E-state index in [4.69, 9.17) is 5.73 Å². The van der Waals surface area contributed by atoms with Crippen LogP contribution in [0.25, 0.3) is 0 Å². The highest BCUT2D eigenvalue weighted by Crippen LogP contribution is 2.36. The molecule has 0 aromatic heterocycles. The molecule has 0 atom stereocenters. The summed E-state index contributed by atoms with van der Waals surface area (Å²) in [5.41, 5.74) is 12.2. The number of nitrogens with zero attached hydrogens (tertiary/aromatic N) is 1. The van der Waals surface area contributed by atoms with Crippen molar-refractivity contribution in [3.63, 3.8) is 0 Å². The molecule has 0 saturated heterocycles. The van der Waals surface area contributed by atoms with E-state index in [9.17, 15) is 0 Å². The molecule has 1 aliphatic carbocycles. The molecule has 0 bridgehead atoms. The monoisotopic (exact) mass is 288 g/mol. The standard InChI is InChI=1S/C19H32N2/c1-5-10-21(19(14-20)8-6-7-9-19)13-18-16(3)11-15(2)12-17(18)4/h11-12H,5-10,13-14,20H2,1-4H3. The molecule has 21 heavy (non-hydrogen) atoms. The van der Waals surface area contributed by atoms with E-state index in [1.807, 2.05) is 0 Å². The number of hydrogen-bond acceptors (Lipinski definition) is 2. The summed E-state index contributed by atoms with van der Waals surface area (Å²) in [6, 6.07) is 4.63. The maximum Gasteiger partial charge on any atom is 0.0335 e. The zero-order chi connectivity index (χ0) is 15.5. The summed E-state index contributed by atoms with van der Waals surface area (Å²) in [6.45, 7) is 12.0. The predicted molar refractivity (Wildman–Crippen MR) is 91.6 cm³/mol. The molecule has 1 fully saturated rings. The lowest BCUT2D eigenvalue weighted by Crippen LogP contribution is -2.52. The van der Waals surface area contributed by atoms with Gasteiger partial charge in [-0.3, -0.25) is 4.90 Å². The Morgan fingerprint density at radius 3 is 2.14 bits per heavy atom. The van der Waals surface area contributed by atoms with Gasteiger partial charge in [0.25, 0.3) is 0 Å². The average molecular weight is 288 g/mol. The van der Waals surface area contributed by atoms with Crippen LogP contribution in [0.1, 0.15) is 61.3 Å². The number of rotatable bonds is 6. The van der Waals surface area contributed by atoms with Crippen LogP contribution in [0, 0.1) is 20.8 Å². The van der Waals surface area contributed by atoms with Crippen LogP contribution in [0.3, 0.4) is 0 Å². The molecule has 1 aliphatic rings. The highest BCUT2D eigenvalue weighted by atomic mass is 15.2. The lowest BCUT2D eigenvalue weighted by molar-refractivity contribution is 0.0899. The Morgan fingerprint density at radius 2 is 1.67 bits per heavy atom. The molecular weight excluding hydrogens is 256 g/mol. The van der Waals surface area contributed by atoms with Crippen molar-refractivity contribution in [3.05, 3.63) is 34.4 Å². The average Bonchev–Trinajstić information content (AvgIpc) is 2.91. The Hall–Kier alpha value is -0.860. The van der Waals surface area contributed by atoms with Crippen molar-refractivity contribution in [2.24, 2.45) is 5.73 Å². The Kier molecular flexibility index (Phi) is 5.45. The van der Waals surface area contributed by atoms with Gasteiger partial charge in [0.1, 0.15) is 0 Å². The summed E-state index contributed by atoms with van der Waals surface area (Å²) in [4.78, 5) is 2.69. The fourth-order valence-electron chi connectivity index (χ4n) is 4.09. The van der Waals surface area contributed by atoms with Gasteiger partial charge in [-0.05, 0) is 63.3 Å². The summed E-state index contributed by atoms with van der Waals surface area (Å²) in [7, 11) is 0. The molecule has 0 amide bonds. The Bertz CT molecular complexity index is 449. The van der Waals surface area contributed by atoms with Crippen molar-refractivity contribution in [2.75, 3.05) is 13.1 Å². The van der Waals surface area contributed by atoms with Crippen molar-refractivity contribution in [3.8, 4) is 0 Å². The third-order valence-electron chi connectivity index (χ3n) is 5.27. The fourth-order valence-corrected chi connectivity index (χ4v) is 4.09. The fraction of sp³-hybridized carbons (Fsp3) is 0.684. The molecule has 0 spiro atoms. The molecule has 1 aromatic rings. The Morgan fingerprint density at radius 1 is 1.10 bits per heavy atom. The zero-order valence-corrected chi connectivity index (χ0v) is 14.3. The maximum atomic E-state index is 6.21. The van der Waals surface area contributed by atoms with E-state index in [1.165, 1.54) is 54.4 Å². The van der Waals surface area contributed by atoms with Crippen molar-refractivity contribution >= 4 is 0 Å². The first kappa shape index (κ1) is 16.5. The molecule has 0 radical (unpaired) electrons. The van der Waals surface area contributed by atoms with E-state index in [1.54, 1.807) is 0 Å². The SMILES string of the molecule is CCCN(Cc1c(C)cc(C)cc1C)C1(CN)CCCC1. The summed E-state index contributed by atoms with van der Waals surface area (Å²) in [6.07, 6.45) is 6.42. The van der Waals surface area contributed by atoms with Gasteiger partial charge in [0, 0.05) is 18.6 Å². The Labute approximate surface area is 130 Å². The molecule has 2 N–H and O–H groups in total. The smallest absolute Gasteiger partial charge is 0.0335 e. The number of hydrogen-bond donors (Lipinski definition) is 1. The van der Waals surface area contributed by atoms with Crippen LogP contribution in [0.5, 0.6) is 0 Å². The minimum absolute atomic E-state index is 0.250. The normalized spacial score (nSPS) is 17.6. The van der Waals surface area contributed by atoms with Crippen LogP contribution in [0.15, 0.2) is 12.1 Å². The van der Waals surface area contributed by atoms with Gasteiger partial charge in [0.2, 0.25) is 0 Å². The van der Waals surface area contributed by atoms with Gasteiger partial charge in [-0.25, -0.2) is 0 Å². The highest BCUT2D eigenvalue weighted by molar-refractivity contribution is 5.37. The van der Waals surface area contributed by atoms with Gasteiger partial charge in [-0.15, -0.1) is 0 Å². The molecule has 2 heteroatoms. The third kappa shape index (κ3) is 3.49. The number of benzene rings is 1. The van der Waals surface area contributed by atoms with E-state index in [-0.39, 0.29) is 5.54 Å². The molecular formula is C19H32N2. The predicted octanol–water partition coefficient (Wildman–Crippen LogP) is 4.10. The summed E-state index contributed by atoms with van der Waals surface area (Å²) >= 11 is 0. The van der Waals surface area contributed by atoms with E-state index >= 15 is 0 Å². The van der Waals surface area contributed by atoms with Gasteiger partial charge < -0.3 is 5.73 Å². The summed E-state index contributed by atoms with van der Waals surface area (Å²) in [5, 5.41) is 0. The third-order valence-corrected chi connectivity index (χ3v) is 5.27.